The van der Waals surface area contributed by atoms with Crippen LogP contribution in [0, 0.1) is 5.95 Å². The van der Waals surface area contributed by atoms with E-state index in [1.165, 1.54) is 12.3 Å². The van der Waals surface area contributed by atoms with Crippen molar-refractivity contribution in [1.29, 1.82) is 0 Å². The van der Waals surface area contributed by atoms with Gasteiger partial charge in [-0.15, -0.1) is 0 Å². The van der Waals surface area contributed by atoms with Gasteiger partial charge in [-0.05, 0) is 31.7 Å². The summed E-state index contributed by atoms with van der Waals surface area (Å²) in [6.45, 7) is 4.17. The van der Waals surface area contributed by atoms with Crippen LogP contribution in [0.15, 0.2) is 36.7 Å². The summed E-state index contributed by atoms with van der Waals surface area (Å²) in [6, 6.07) is 2.96. The number of fused-ring (bicyclic) bond motifs is 6. The minimum absolute atomic E-state index is 0.0184. The van der Waals surface area contributed by atoms with Crippen LogP contribution in [0.2, 0.25) is 0 Å². The molecule has 4 bridgehead atoms. The van der Waals surface area contributed by atoms with E-state index in [0.29, 0.717) is 17.3 Å². The molecule has 5 heterocycles. The number of hydrogen-bond acceptors (Lipinski definition) is 7. The fourth-order valence-corrected chi connectivity index (χ4v) is 4.21. The second-order valence-electron chi connectivity index (χ2n) is 8.45. The summed E-state index contributed by atoms with van der Waals surface area (Å²) in [4.78, 5) is 29.9. The van der Waals surface area contributed by atoms with E-state index in [-0.39, 0.29) is 17.1 Å². The molecule has 1 aliphatic carbocycles. The number of piperazine rings is 1. The number of nitrogens with zero attached hydrogens (tertiary/aromatic N) is 5. The Bertz CT molecular complexity index is 999. The van der Waals surface area contributed by atoms with Crippen molar-refractivity contribution in [1.82, 2.24) is 19.9 Å². The SMILES string of the molecule is O=C1Nc2cnc(F)cc2N2CCN(C/C=C/CCC3(CC3)Nc3nccc1n3)CC2. The molecule has 2 aromatic rings. The maximum atomic E-state index is 13.9. The van der Waals surface area contributed by atoms with Crippen LogP contribution in [-0.4, -0.2) is 64.0 Å². The molecular weight excluding hydrogens is 397 g/mol. The lowest BCUT2D eigenvalue weighted by atomic mass is 10.1. The van der Waals surface area contributed by atoms with Gasteiger partial charge < -0.3 is 15.5 Å². The van der Waals surface area contributed by atoms with Gasteiger partial charge in [-0.25, -0.2) is 15.0 Å². The topological polar surface area (TPSA) is 86.3 Å². The second kappa shape index (κ2) is 8.22. The molecule has 0 radical (unpaired) electrons. The van der Waals surface area contributed by atoms with Crippen LogP contribution in [0.1, 0.15) is 36.2 Å². The van der Waals surface area contributed by atoms with Crippen molar-refractivity contribution in [3.8, 4) is 0 Å². The van der Waals surface area contributed by atoms with Gasteiger partial charge in [0.05, 0.1) is 17.6 Å². The predicted molar refractivity (Wildman–Crippen MR) is 117 cm³/mol. The first kappa shape index (κ1) is 19.9. The standard InChI is InChI=1S/C22H26FN7O/c23-19-14-18-17(15-25-19)26-20(31)16-4-8-24-21(27-16)28-22(6-7-22)5-2-1-3-9-29-10-12-30(18)13-11-29/h1,3-4,8,14-15H,2,5-7,9-13H2,(H,26,31)(H,24,27,28)/b3-1+. The smallest absolute Gasteiger partial charge is 0.274 e. The highest BCUT2D eigenvalue weighted by molar-refractivity contribution is 6.04. The average molecular weight is 423 g/mol. The highest BCUT2D eigenvalue weighted by Gasteiger charge is 2.42. The van der Waals surface area contributed by atoms with E-state index in [2.05, 4.69) is 47.5 Å². The number of carbonyl (C=O) groups is 1. The third-order valence-electron chi connectivity index (χ3n) is 6.25. The molecule has 0 atom stereocenters. The summed E-state index contributed by atoms with van der Waals surface area (Å²) in [5.74, 6) is -0.474. The van der Waals surface area contributed by atoms with Crippen LogP contribution in [0.25, 0.3) is 0 Å². The van der Waals surface area contributed by atoms with E-state index in [1.54, 1.807) is 12.3 Å². The fourth-order valence-electron chi connectivity index (χ4n) is 4.21. The first-order chi connectivity index (χ1) is 15.1. The van der Waals surface area contributed by atoms with Gasteiger partial charge in [-0.1, -0.05) is 12.2 Å². The summed E-state index contributed by atoms with van der Waals surface area (Å²) in [5.41, 5.74) is 1.40. The fraction of sp³-hybridized carbons (Fsp3) is 0.455. The molecule has 0 aromatic carbocycles. The number of hydrogen-bond donors (Lipinski definition) is 2. The molecule has 1 amide bonds. The highest BCUT2D eigenvalue weighted by atomic mass is 19.1. The quantitative estimate of drug-likeness (QED) is 0.498. The largest absolute Gasteiger partial charge is 0.367 e. The Morgan fingerprint density at radius 3 is 2.71 bits per heavy atom. The molecule has 6 rings (SSSR count). The Labute approximate surface area is 180 Å². The van der Waals surface area contributed by atoms with E-state index in [4.69, 9.17) is 0 Å². The Kier molecular flexibility index (Phi) is 5.27. The highest BCUT2D eigenvalue weighted by Crippen LogP contribution is 2.42. The van der Waals surface area contributed by atoms with E-state index < -0.39 is 5.95 Å². The summed E-state index contributed by atoms with van der Waals surface area (Å²) in [5, 5.41) is 6.30. The zero-order valence-corrected chi connectivity index (χ0v) is 17.4. The van der Waals surface area contributed by atoms with Crippen molar-refractivity contribution in [3.63, 3.8) is 0 Å². The summed E-state index contributed by atoms with van der Waals surface area (Å²) < 4.78 is 13.9. The molecule has 2 aromatic heterocycles. The summed E-state index contributed by atoms with van der Waals surface area (Å²) in [7, 11) is 0. The van der Waals surface area contributed by atoms with Gasteiger partial charge in [-0.2, -0.15) is 4.39 Å². The molecule has 9 heteroatoms. The molecule has 3 aliphatic heterocycles. The number of allylic oxidation sites excluding steroid dienone is 1. The Morgan fingerprint density at radius 2 is 1.90 bits per heavy atom. The molecule has 8 nitrogen and oxygen atoms in total. The lowest BCUT2D eigenvalue weighted by molar-refractivity contribution is 0.102. The number of nitrogens with one attached hydrogen (secondary N) is 2. The number of anilines is 3. The third kappa shape index (κ3) is 4.51. The predicted octanol–water partition coefficient (Wildman–Crippen LogP) is 2.68. The van der Waals surface area contributed by atoms with Gasteiger partial charge in [0.2, 0.25) is 11.9 Å². The lowest BCUT2D eigenvalue weighted by Crippen LogP contribution is -2.46. The number of carbonyl (C=O) groups excluding carboxylic acids is 1. The summed E-state index contributed by atoms with van der Waals surface area (Å²) in [6.07, 6.45) is 11.6. The molecular formula is C22H26FN7O. The Morgan fingerprint density at radius 1 is 1.06 bits per heavy atom. The van der Waals surface area contributed by atoms with Crippen LogP contribution >= 0.6 is 0 Å². The molecule has 1 spiro atoms. The van der Waals surface area contributed by atoms with Crippen LogP contribution in [-0.2, 0) is 0 Å². The van der Waals surface area contributed by atoms with Crippen LogP contribution < -0.4 is 15.5 Å². The molecule has 4 aliphatic rings. The van der Waals surface area contributed by atoms with Crippen molar-refractivity contribution in [3.05, 3.63) is 48.3 Å². The molecule has 2 fully saturated rings. The van der Waals surface area contributed by atoms with Gasteiger partial charge in [0.15, 0.2) is 0 Å². The number of pyridine rings is 1. The van der Waals surface area contributed by atoms with Crippen LogP contribution in [0.3, 0.4) is 0 Å². The average Bonchev–Trinajstić information content (AvgIpc) is 3.54. The monoisotopic (exact) mass is 423 g/mol. The molecule has 31 heavy (non-hydrogen) atoms. The normalized spacial score (nSPS) is 22.1. The Balaban J connectivity index is 1.46. The number of rotatable bonds is 0. The second-order valence-corrected chi connectivity index (χ2v) is 8.45. The van der Waals surface area contributed by atoms with Crippen LogP contribution in [0.5, 0.6) is 0 Å². The summed E-state index contributed by atoms with van der Waals surface area (Å²) >= 11 is 0. The third-order valence-corrected chi connectivity index (χ3v) is 6.25. The number of amides is 1. The molecule has 1 saturated heterocycles. The zero-order chi connectivity index (χ0) is 21.3. The number of halogens is 1. The first-order valence-electron chi connectivity index (χ1n) is 10.8. The van der Waals surface area contributed by atoms with Crippen molar-refractivity contribution in [2.75, 3.05) is 48.3 Å². The van der Waals surface area contributed by atoms with Crippen LogP contribution in [0.4, 0.5) is 21.7 Å². The van der Waals surface area contributed by atoms with E-state index in [9.17, 15) is 9.18 Å². The van der Waals surface area contributed by atoms with E-state index >= 15 is 0 Å². The Hall–Kier alpha value is -3.07. The van der Waals surface area contributed by atoms with Crippen molar-refractivity contribution in [2.24, 2.45) is 0 Å². The minimum Gasteiger partial charge on any atom is -0.367 e. The molecule has 0 unspecified atom stereocenters. The van der Waals surface area contributed by atoms with E-state index in [0.717, 1.165) is 58.4 Å². The van der Waals surface area contributed by atoms with Gasteiger partial charge in [0, 0.05) is 50.5 Å². The van der Waals surface area contributed by atoms with Gasteiger partial charge in [-0.3, -0.25) is 9.69 Å². The lowest BCUT2D eigenvalue weighted by Gasteiger charge is -2.36. The molecule has 1 saturated carbocycles. The first-order valence-corrected chi connectivity index (χ1v) is 10.8. The van der Waals surface area contributed by atoms with Gasteiger partial charge in [0.25, 0.3) is 5.91 Å². The maximum Gasteiger partial charge on any atom is 0.274 e. The van der Waals surface area contributed by atoms with Crippen molar-refractivity contribution in [2.45, 2.75) is 31.2 Å². The van der Waals surface area contributed by atoms with E-state index in [1.807, 2.05) is 0 Å². The van der Waals surface area contributed by atoms with Gasteiger partial charge >= 0.3 is 0 Å². The minimum atomic E-state index is -0.566. The maximum absolute atomic E-state index is 13.9. The molecule has 2 N–H and O–H groups in total. The van der Waals surface area contributed by atoms with Crippen molar-refractivity contribution < 1.29 is 9.18 Å². The molecule has 162 valence electrons. The van der Waals surface area contributed by atoms with Crippen molar-refractivity contribution >= 4 is 23.2 Å². The zero-order valence-electron chi connectivity index (χ0n) is 17.4. The number of aromatic nitrogens is 3. The van der Waals surface area contributed by atoms with Gasteiger partial charge in [0.1, 0.15) is 5.69 Å².